The third kappa shape index (κ3) is 5.65. The zero-order chi connectivity index (χ0) is 22.3. The zero-order valence-electron chi connectivity index (χ0n) is 18.8. The van der Waals surface area contributed by atoms with Crippen LogP contribution in [0, 0.1) is 0 Å². The summed E-state index contributed by atoms with van der Waals surface area (Å²) in [4.78, 5) is 21.4. The molecule has 0 saturated heterocycles. The van der Waals surface area contributed by atoms with Gasteiger partial charge in [-0.25, -0.2) is 9.78 Å². The number of amides is 2. The summed E-state index contributed by atoms with van der Waals surface area (Å²) in [6, 6.07) is 20.7. The molecule has 0 spiro atoms. The van der Waals surface area contributed by atoms with Crippen LogP contribution in [-0.2, 0) is 32.6 Å². The Kier molecular flexibility index (Phi) is 7.02. The molecule has 4 rings (SSSR count). The molecule has 1 aliphatic rings. The minimum absolute atomic E-state index is 0.179. The van der Waals surface area contributed by atoms with Crippen molar-refractivity contribution in [1.82, 2.24) is 20.5 Å². The number of anilines is 1. The molecular formula is C26H31N5O. The Bertz CT molecular complexity index is 1050. The Balaban J connectivity index is 1.26. The molecule has 2 amide bonds. The first-order valence-corrected chi connectivity index (χ1v) is 11.1. The van der Waals surface area contributed by atoms with Crippen molar-refractivity contribution in [2.45, 2.75) is 32.6 Å². The summed E-state index contributed by atoms with van der Waals surface area (Å²) in [7, 11) is 4.08. The predicted molar refractivity (Wildman–Crippen MR) is 128 cm³/mol. The van der Waals surface area contributed by atoms with E-state index in [1.165, 1.54) is 16.7 Å². The van der Waals surface area contributed by atoms with Gasteiger partial charge in [0.1, 0.15) is 5.82 Å². The number of rotatable bonds is 7. The number of nitrogens with zero attached hydrogens (tertiary/aromatic N) is 3. The Morgan fingerprint density at radius 2 is 1.66 bits per heavy atom. The Morgan fingerprint density at radius 3 is 2.41 bits per heavy atom. The first-order valence-electron chi connectivity index (χ1n) is 11.1. The lowest BCUT2D eigenvalue weighted by Crippen LogP contribution is -2.35. The lowest BCUT2D eigenvalue weighted by molar-refractivity contribution is 0.240. The second kappa shape index (κ2) is 10.3. The quantitative estimate of drug-likeness (QED) is 0.601. The summed E-state index contributed by atoms with van der Waals surface area (Å²) in [6.07, 6.45) is 2.89. The van der Waals surface area contributed by atoms with Crippen LogP contribution < -0.4 is 15.5 Å². The number of carbonyl (C=O) groups is 1. The van der Waals surface area contributed by atoms with Crippen LogP contribution in [0.5, 0.6) is 0 Å². The molecule has 6 nitrogen and oxygen atoms in total. The molecule has 0 fully saturated rings. The van der Waals surface area contributed by atoms with E-state index >= 15 is 0 Å². The molecule has 0 bridgehead atoms. The Labute approximate surface area is 190 Å². The summed E-state index contributed by atoms with van der Waals surface area (Å²) < 4.78 is 0. The van der Waals surface area contributed by atoms with Crippen molar-refractivity contribution in [3.8, 4) is 0 Å². The minimum Gasteiger partial charge on any atom is -0.352 e. The Morgan fingerprint density at radius 1 is 0.938 bits per heavy atom. The highest BCUT2D eigenvalue weighted by atomic mass is 16.2. The van der Waals surface area contributed by atoms with Gasteiger partial charge in [-0.05, 0) is 54.4 Å². The first-order chi connectivity index (χ1) is 15.6. The summed E-state index contributed by atoms with van der Waals surface area (Å²) in [5, 5.41) is 5.89. The lowest BCUT2D eigenvalue weighted by Gasteiger charge is -2.29. The van der Waals surface area contributed by atoms with E-state index < -0.39 is 0 Å². The fourth-order valence-electron chi connectivity index (χ4n) is 4.04. The number of hydrogen-bond acceptors (Lipinski definition) is 4. The van der Waals surface area contributed by atoms with E-state index in [9.17, 15) is 4.79 Å². The number of pyridine rings is 1. The highest BCUT2D eigenvalue weighted by Gasteiger charge is 2.16. The van der Waals surface area contributed by atoms with Crippen molar-refractivity contribution in [3.63, 3.8) is 0 Å². The molecule has 2 aromatic carbocycles. The zero-order valence-corrected chi connectivity index (χ0v) is 18.8. The van der Waals surface area contributed by atoms with Crippen molar-refractivity contribution in [3.05, 3.63) is 94.7 Å². The first kappa shape index (κ1) is 21.8. The second-order valence-corrected chi connectivity index (χ2v) is 8.51. The largest absolute Gasteiger partial charge is 0.352 e. The standard InChI is InChI=1S/C26H31N5O/c1-30(2)18-23-9-6-4-8-22(23)17-29-26(32)28-16-20-11-12-25(27-15-20)31-14-13-21-7-3-5-10-24(21)19-31/h3-12,15H,13-14,16-19H2,1-2H3,(H2,28,29,32). The molecule has 1 aromatic heterocycles. The smallest absolute Gasteiger partial charge is 0.315 e. The maximum atomic E-state index is 12.3. The number of benzene rings is 2. The van der Waals surface area contributed by atoms with Crippen molar-refractivity contribution in [2.75, 3.05) is 25.5 Å². The molecule has 32 heavy (non-hydrogen) atoms. The van der Waals surface area contributed by atoms with Gasteiger partial charge in [0.25, 0.3) is 0 Å². The van der Waals surface area contributed by atoms with Crippen LogP contribution in [0.25, 0.3) is 0 Å². The number of fused-ring (bicyclic) bond motifs is 1. The number of hydrogen-bond donors (Lipinski definition) is 2. The molecule has 0 radical (unpaired) electrons. The molecular weight excluding hydrogens is 398 g/mol. The number of nitrogens with one attached hydrogen (secondary N) is 2. The van der Waals surface area contributed by atoms with Crippen molar-refractivity contribution in [1.29, 1.82) is 0 Å². The molecule has 1 aliphatic heterocycles. The van der Waals surface area contributed by atoms with Crippen LogP contribution in [0.15, 0.2) is 66.9 Å². The normalized spacial score (nSPS) is 13.0. The molecule has 0 atom stereocenters. The molecule has 6 heteroatoms. The summed E-state index contributed by atoms with van der Waals surface area (Å²) in [5.41, 5.74) is 6.13. The summed E-state index contributed by atoms with van der Waals surface area (Å²) >= 11 is 0. The average molecular weight is 430 g/mol. The average Bonchev–Trinajstić information content (AvgIpc) is 2.82. The van der Waals surface area contributed by atoms with Crippen LogP contribution in [0.1, 0.15) is 27.8 Å². The summed E-state index contributed by atoms with van der Waals surface area (Å²) in [6.45, 7) is 3.66. The molecule has 2 heterocycles. The SMILES string of the molecule is CN(C)Cc1ccccc1CNC(=O)NCc1ccc(N2CCc3ccccc3C2)nc1. The summed E-state index contributed by atoms with van der Waals surface area (Å²) in [5.74, 6) is 0.977. The lowest BCUT2D eigenvalue weighted by atomic mass is 10.00. The van der Waals surface area contributed by atoms with Gasteiger partial charge in [-0.3, -0.25) is 0 Å². The molecule has 0 saturated carbocycles. The van der Waals surface area contributed by atoms with Gasteiger partial charge >= 0.3 is 6.03 Å². The van der Waals surface area contributed by atoms with E-state index in [1.54, 1.807) is 0 Å². The van der Waals surface area contributed by atoms with E-state index in [0.29, 0.717) is 13.1 Å². The van der Waals surface area contributed by atoms with Crippen molar-refractivity contribution < 1.29 is 4.79 Å². The van der Waals surface area contributed by atoms with Crippen molar-refractivity contribution in [2.24, 2.45) is 0 Å². The van der Waals surface area contributed by atoms with Crippen LogP contribution in [0.3, 0.4) is 0 Å². The number of carbonyl (C=O) groups excluding carboxylic acids is 1. The molecule has 3 aromatic rings. The monoisotopic (exact) mass is 429 g/mol. The van der Waals surface area contributed by atoms with E-state index in [2.05, 4.69) is 61.8 Å². The topological polar surface area (TPSA) is 60.5 Å². The molecule has 166 valence electrons. The van der Waals surface area contributed by atoms with Gasteiger partial charge in [-0.15, -0.1) is 0 Å². The van der Waals surface area contributed by atoms with Crippen LogP contribution >= 0.6 is 0 Å². The van der Waals surface area contributed by atoms with Gasteiger partial charge < -0.3 is 20.4 Å². The third-order valence-corrected chi connectivity index (χ3v) is 5.76. The third-order valence-electron chi connectivity index (χ3n) is 5.76. The molecule has 2 N–H and O–H groups in total. The van der Waals surface area contributed by atoms with E-state index in [4.69, 9.17) is 0 Å². The minimum atomic E-state index is -0.179. The van der Waals surface area contributed by atoms with Crippen LogP contribution in [0.2, 0.25) is 0 Å². The van der Waals surface area contributed by atoms with Crippen LogP contribution in [-0.4, -0.2) is 36.6 Å². The van der Waals surface area contributed by atoms with Crippen molar-refractivity contribution >= 4 is 11.8 Å². The van der Waals surface area contributed by atoms with Gasteiger partial charge in [-0.1, -0.05) is 54.6 Å². The van der Waals surface area contributed by atoms with Crippen LogP contribution in [0.4, 0.5) is 10.6 Å². The van der Waals surface area contributed by atoms with E-state index in [1.807, 2.05) is 44.6 Å². The maximum absolute atomic E-state index is 12.3. The highest BCUT2D eigenvalue weighted by Crippen LogP contribution is 2.23. The highest BCUT2D eigenvalue weighted by molar-refractivity contribution is 5.73. The van der Waals surface area contributed by atoms with Gasteiger partial charge in [0, 0.05) is 38.9 Å². The second-order valence-electron chi connectivity index (χ2n) is 8.51. The fraction of sp³-hybridized carbons (Fsp3) is 0.308. The van der Waals surface area contributed by atoms with Gasteiger partial charge in [0.15, 0.2) is 0 Å². The number of aromatic nitrogens is 1. The van der Waals surface area contributed by atoms with Gasteiger partial charge in [0.2, 0.25) is 0 Å². The maximum Gasteiger partial charge on any atom is 0.315 e. The number of urea groups is 1. The van der Waals surface area contributed by atoms with E-state index in [-0.39, 0.29) is 6.03 Å². The Hall–Kier alpha value is -3.38. The molecule has 0 unspecified atom stereocenters. The predicted octanol–water partition coefficient (Wildman–Crippen LogP) is 3.71. The molecule has 0 aliphatic carbocycles. The fourth-order valence-corrected chi connectivity index (χ4v) is 4.04. The van der Waals surface area contributed by atoms with E-state index in [0.717, 1.165) is 43.0 Å². The van der Waals surface area contributed by atoms with Gasteiger partial charge in [-0.2, -0.15) is 0 Å². The van der Waals surface area contributed by atoms with Gasteiger partial charge in [0.05, 0.1) is 0 Å².